The lowest BCUT2D eigenvalue weighted by Gasteiger charge is -2.52. The number of carbonyl (C=O) groups is 1. The Hall–Kier alpha value is -1.17. The summed E-state index contributed by atoms with van der Waals surface area (Å²) in [5.41, 5.74) is 0.297. The lowest BCUT2D eigenvalue weighted by Crippen LogP contribution is -2.65. The molecule has 2 aromatic rings. The standard InChI is InChI=1S/C17H19N3OS.ClH/c21-15(13-10-12-2-1-7-18-16(12)22-13)19-14-11-3-8-20(9-4-11)17(14)5-6-17;/h1-2,7,10-11,14H,3-6,8-9H2,(H,19,21);1H. The van der Waals surface area contributed by atoms with Crippen molar-refractivity contribution in [3.8, 4) is 0 Å². The molecule has 1 atom stereocenters. The lowest BCUT2D eigenvalue weighted by molar-refractivity contribution is -0.00138. The second-order valence-corrected chi connectivity index (χ2v) is 7.92. The van der Waals surface area contributed by atoms with Crippen LogP contribution in [-0.2, 0) is 0 Å². The van der Waals surface area contributed by atoms with E-state index in [0.29, 0.717) is 17.5 Å². The highest BCUT2D eigenvalue weighted by atomic mass is 35.5. The van der Waals surface area contributed by atoms with Crippen molar-refractivity contribution in [2.75, 3.05) is 13.1 Å². The number of thiophene rings is 1. The van der Waals surface area contributed by atoms with Gasteiger partial charge in [-0.15, -0.1) is 23.7 Å². The summed E-state index contributed by atoms with van der Waals surface area (Å²) in [4.78, 5) is 21.4. The number of halogens is 1. The van der Waals surface area contributed by atoms with Crippen LogP contribution in [0.4, 0.5) is 0 Å². The first-order chi connectivity index (χ1) is 10.8. The summed E-state index contributed by atoms with van der Waals surface area (Å²) in [7, 11) is 0. The third-order valence-electron chi connectivity index (χ3n) is 5.79. The highest BCUT2D eigenvalue weighted by Gasteiger charge is 2.60. The Kier molecular flexibility index (Phi) is 3.63. The molecule has 1 aliphatic carbocycles. The molecule has 0 radical (unpaired) electrons. The molecule has 6 heteroatoms. The average Bonchev–Trinajstić information content (AvgIpc) is 3.20. The Balaban J connectivity index is 0.00000135. The van der Waals surface area contributed by atoms with Crippen LogP contribution in [-0.4, -0.2) is 40.5 Å². The molecule has 3 saturated heterocycles. The Morgan fingerprint density at radius 1 is 1.35 bits per heavy atom. The van der Waals surface area contributed by atoms with Crippen LogP contribution in [0.15, 0.2) is 24.4 Å². The Bertz CT molecular complexity index is 716. The summed E-state index contributed by atoms with van der Waals surface area (Å²) in [5, 5.41) is 4.45. The minimum absolute atomic E-state index is 0. The SMILES string of the molecule is Cl.O=C(NC1C2CCN(CC2)C12CC2)c1cc2cccnc2s1. The van der Waals surface area contributed by atoms with Crippen LogP contribution in [0.1, 0.15) is 35.4 Å². The smallest absolute Gasteiger partial charge is 0.261 e. The first-order valence-electron chi connectivity index (χ1n) is 8.17. The van der Waals surface area contributed by atoms with Crippen LogP contribution < -0.4 is 5.32 Å². The van der Waals surface area contributed by atoms with Gasteiger partial charge in [0.1, 0.15) is 4.83 Å². The number of fused-ring (bicyclic) bond motifs is 3. The number of pyridine rings is 1. The maximum absolute atomic E-state index is 12.7. The van der Waals surface area contributed by atoms with Gasteiger partial charge in [-0.2, -0.15) is 0 Å². The molecule has 23 heavy (non-hydrogen) atoms. The van der Waals surface area contributed by atoms with Gasteiger partial charge in [-0.05, 0) is 56.8 Å². The Labute approximate surface area is 145 Å². The van der Waals surface area contributed by atoms with Gasteiger partial charge >= 0.3 is 0 Å². The summed E-state index contributed by atoms with van der Waals surface area (Å²) >= 11 is 1.50. The molecule has 2 aromatic heterocycles. The van der Waals surface area contributed by atoms with Gasteiger partial charge in [0.05, 0.1) is 10.9 Å². The monoisotopic (exact) mass is 349 g/mol. The summed E-state index contributed by atoms with van der Waals surface area (Å²) < 4.78 is 0. The van der Waals surface area contributed by atoms with E-state index in [2.05, 4.69) is 15.2 Å². The van der Waals surface area contributed by atoms with Crippen LogP contribution in [0.2, 0.25) is 0 Å². The molecule has 0 aromatic carbocycles. The molecule has 1 N–H and O–H groups in total. The number of piperidine rings is 3. The molecule has 6 rings (SSSR count). The highest BCUT2D eigenvalue weighted by molar-refractivity contribution is 7.20. The predicted molar refractivity (Wildman–Crippen MR) is 94.4 cm³/mol. The first kappa shape index (κ1) is 15.4. The lowest BCUT2D eigenvalue weighted by atomic mass is 9.77. The zero-order valence-electron chi connectivity index (χ0n) is 12.8. The van der Waals surface area contributed by atoms with E-state index < -0.39 is 0 Å². The van der Waals surface area contributed by atoms with E-state index in [-0.39, 0.29) is 18.3 Å². The van der Waals surface area contributed by atoms with Crippen molar-refractivity contribution in [1.82, 2.24) is 15.2 Å². The van der Waals surface area contributed by atoms with E-state index in [1.807, 2.05) is 18.2 Å². The van der Waals surface area contributed by atoms with Crippen LogP contribution in [0, 0.1) is 5.92 Å². The molecule has 1 unspecified atom stereocenters. The van der Waals surface area contributed by atoms with E-state index in [1.54, 1.807) is 6.20 Å². The van der Waals surface area contributed by atoms with Crippen molar-refractivity contribution in [3.63, 3.8) is 0 Å². The third kappa shape index (κ3) is 2.29. The number of aromatic nitrogens is 1. The maximum Gasteiger partial charge on any atom is 0.261 e. The maximum atomic E-state index is 12.7. The van der Waals surface area contributed by atoms with Crippen molar-refractivity contribution in [2.24, 2.45) is 5.92 Å². The molecular formula is C17H20ClN3OS. The van der Waals surface area contributed by atoms with Gasteiger partial charge in [0.2, 0.25) is 0 Å². The van der Waals surface area contributed by atoms with Gasteiger partial charge in [0, 0.05) is 17.1 Å². The van der Waals surface area contributed by atoms with Gasteiger partial charge in [-0.1, -0.05) is 6.07 Å². The van der Waals surface area contributed by atoms with E-state index in [9.17, 15) is 4.79 Å². The number of hydrogen-bond acceptors (Lipinski definition) is 4. The van der Waals surface area contributed by atoms with Gasteiger partial charge < -0.3 is 5.32 Å². The zero-order valence-corrected chi connectivity index (χ0v) is 14.5. The van der Waals surface area contributed by atoms with Gasteiger partial charge in [0.25, 0.3) is 5.91 Å². The highest BCUT2D eigenvalue weighted by Crippen LogP contribution is 2.53. The molecule has 1 saturated carbocycles. The van der Waals surface area contributed by atoms with Gasteiger partial charge in [-0.25, -0.2) is 4.98 Å². The summed E-state index contributed by atoms with van der Waals surface area (Å²) in [6.45, 7) is 2.45. The zero-order chi connectivity index (χ0) is 14.7. The first-order valence-corrected chi connectivity index (χ1v) is 8.98. The fraction of sp³-hybridized carbons (Fsp3) is 0.529. The van der Waals surface area contributed by atoms with E-state index >= 15 is 0 Å². The molecule has 3 aliphatic heterocycles. The normalized spacial score (nSPS) is 30.2. The summed E-state index contributed by atoms with van der Waals surface area (Å²) in [5.74, 6) is 0.761. The second-order valence-electron chi connectivity index (χ2n) is 6.89. The number of hydrogen-bond donors (Lipinski definition) is 1. The van der Waals surface area contributed by atoms with Gasteiger partial charge in [-0.3, -0.25) is 9.69 Å². The molecule has 122 valence electrons. The molecule has 1 amide bonds. The van der Waals surface area contributed by atoms with Crippen LogP contribution in [0.5, 0.6) is 0 Å². The fourth-order valence-electron chi connectivity index (χ4n) is 4.52. The number of carbonyl (C=O) groups excluding carboxylic acids is 1. The van der Waals surface area contributed by atoms with Crippen molar-refractivity contribution in [2.45, 2.75) is 37.3 Å². The van der Waals surface area contributed by atoms with Crippen molar-refractivity contribution in [3.05, 3.63) is 29.3 Å². The van der Waals surface area contributed by atoms with Crippen LogP contribution in [0.3, 0.4) is 0 Å². The molecule has 5 heterocycles. The molecular weight excluding hydrogens is 330 g/mol. The largest absolute Gasteiger partial charge is 0.346 e. The minimum atomic E-state index is 0. The number of rotatable bonds is 2. The van der Waals surface area contributed by atoms with Crippen LogP contribution >= 0.6 is 23.7 Å². The van der Waals surface area contributed by atoms with Crippen molar-refractivity contribution < 1.29 is 4.79 Å². The van der Waals surface area contributed by atoms with E-state index in [0.717, 1.165) is 15.1 Å². The predicted octanol–water partition coefficient (Wildman–Crippen LogP) is 3.07. The number of nitrogens with zero attached hydrogens (tertiary/aromatic N) is 2. The summed E-state index contributed by atoms with van der Waals surface area (Å²) in [6.07, 6.45) is 6.76. The fourth-order valence-corrected chi connectivity index (χ4v) is 5.42. The molecule has 4 nitrogen and oxygen atoms in total. The average molecular weight is 350 g/mol. The molecule has 4 aliphatic rings. The number of nitrogens with one attached hydrogen (secondary N) is 1. The Morgan fingerprint density at radius 2 is 2.13 bits per heavy atom. The van der Waals surface area contributed by atoms with Gasteiger partial charge in [0.15, 0.2) is 0 Å². The quantitative estimate of drug-likeness (QED) is 0.906. The topological polar surface area (TPSA) is 45.2 Å². The second kappa shape index (κ2) is 5.43. The molecule has 1 spiro atoms. The Morgan fingerprint density at radius 3 is 2.83 bits per heavy atom. The van der Waals surface area contributed by atoms with Crippen molar-refractivity contribution >= 4 is 39.9 Å². The molecule has 2 bridgehead atoms. The van der Waals surface area contributed by atoms with E-state index in [4.69, 9.17) is 0 Å². The van der Waals surface area contributed by atoms with Crippen molar-refractivity contribution in [1.29, 1.82) is 0 Å². The van der Waals surface area contributed by atoms with E-state index in [1.165, 1.54) is 50.1 Å². The van der Waals surface area contributed by atoms with Crippen LogP contribution in [0.25, 0.3) is 10.2 Å². The number of amides is 1. The third-order valence-corrected chi connectivity index (χ3v) is 6.84. The molecule has 4 fully saturated rings. The summed E-state index contributed by atoms with van der Waals surface area (Å²) in [6, 6.07) is 6.26. The minimum Gasteiger partial charge on any atom is -0.346 e.